The third kappa shape index (κ3) is 3.31. The van der Waals surface area contributed by atoms with Gasteiger partial charge in [0.15, 0.2) is 5.41 Å². The zero-order valence-corrected chi connectivity index (χ0v) is 13.0. The van der Waals surface area contributed by atoms with E-state index in [0.29, 0.717) is 6.42 Å². The fourth-order valence-corrected chi connectivity index (χ4v) is 2.84. The van der Waals surface area contributed by atoms with Gasteiger partial charge in [0.1, 0.15) is 6.61 Å². The van der Waals surface area contributed by atoms with Gasteiger partial charge in [-0.1, -0.05) is 12.2 Å². The number of ether oxygens (including phenoxy) is 3. The lowest BCUT2D eigenvalue weighted by molar-refractivity contribution is -0.173. The highest BCUT2D eigenvalue weighted by Crippen LogP contribution is 2.49. The van der Waals surface area contributed by atoms with Gasteiger partial charge in [0.2, 0.25) is 0 Å². The third-order valence-electron chi connectivity index (χ3n) is 4.12. The van der Waals surface area contributed by atoms with E-state index < -0.39 is 17.4 Å². The first kappa shape index (κ1) is 16.5. The maximum atomic E-state index is 12.5. The Bertz CT molecular complexity index is 463. The van der Waals surface area contributed by atoms with Crippen LogP contribution in [-0.4, -0.2) is 37.7 Å². The molecule has 0 radical (unpaired) electrons. The van der Waals surface area contributed by atoms with Crippen molar-refractivity contribution in [1.82, 2.24) is 0 Å². The number of carbonyl (C=O) groups is 3. The van der Waals surface area contributed by atoms with Crippen molar-refractivity contribution in [3.63, 3.8) is 0 Å². The summed E-state index contributed by atoms with van der Waals surface area (Å²) in [5.41, 5.74) is -1.36. The van der Waals surface area contributed by atoms with Gasteiger partial charge in [-0.3, -0.25) is 14.4 Å². The summed E-state index contributed by atoms with van der Waals surface area (Å²) in [5.74, 6) is -1.67. The monoisotopic (exact) mass is 310 g/mol. The minimum atomic E-state index is -1.36. The topological polar surface area (TPSA) is 78.9 Å². The number of fused-ring (bicyclic) bond motifs is 1. The summed E-state index contributed by atoms with van der Waals surface area (Å²) in [4.78, 5) is 36.7. The summed E-state index contributed by atoms with van der Waals surface area (Å²) < 4.78 is 15.3. The van der Waals surface area contributed by atoms with Gasteiger partial charge < -0.3 is 14.2 Å². The van der Waals surface area contributed by atoms with Crippen LogP contribution in [0.4, 0.5) is 0 Å². The number of hydrogen-bond acceptors (Lipinski definition) is 6. The zero-order valence-electron chi connectivity index (χ0n) is 13.0. The molecular weight excluding hydrogens is 288 g/mol. The molecule has 1 aliphatic heterocycles. The molecule has 1 fully saturated rings. The molecule has 122 valence electrons. The highest BCUT2D eigenvalue weighted by atomic mass is 16.6. The second-order valence-corrected chi connectivity index (χ2v) is 5.64. The Kier molecular flexibility index (Phi) is 5.21. The van der Waals surface area contributed by atoms with Crippen LogP contribution in [0.2, 0.25) is 0 Å². The van der Waals surface area contributed by atoms with Crippen LogP contribution in [0.15, 0.2) is 12.2 Å². The molecule has 6 nitrogen and oxygen atoms in total. The smallest absolute Gasteiger partial charge is 0.323 e. The molecule has 0 aromatic rings. The first-order valence-electron chi connectivity index (χ1n) is 7.71. The first-order valence-corrected chi connectivity index (χ1v) is 7.71. The Balaban J connectivity index is 2.30. The third-order valence-corrected chi connectivity index (χ3v) is 4.12. The average molecular weight is 310 g/mol. The fraction of sp³-hybridized carbons (Fsp3) is 0.688. The molecule has 6 heteroatoms. The van der Waals surface area contributed by atoms with Gasteiger partial charge in [-0.15, -0.1) is 0 Å². The Morgan fingerprint density at radius 1 is 1.23 bits per heavy atom. The lowest BCUT2D eigenvalue weighted by atomic mass is 9.78. The van der Waals surface area contributed by atoms with Crippen LogP contribution in [-0.2, 0) is 28.6 Å². The predicted octanol–water partition coefficient (Wildman–Crippen LogP) is 1.63. The molecule has 2 atom stereocenters. The molecule has 1 heterocycles. The Morgan fingerprint density at radius 3 is 2.45 bits per heavy atom. The van der Waals surface area contributed by atoms with Crippen molar-refractivity contribution in [2.45, 2.75) is 33.1 Å². The Labute approximate surface area is 129 Å². The van der Waals surface area contributed by atoms with Gasteiger partial charge in [-0.25, -0.2) is 0 Å². The minimum absolute atomic E-state index is 0.0344. The zero-order chi connectivity index (χ0) is 16.2. The number of allylic oxidation sites excluding steroid dienone is 1. The van der Waals surface area contributed by atoms with Crippen LogP contribution < -0.4 is 0 Å². The van der Waals surface area contributed by atoms with Gasteiger partial charge in [-0.2, -0.15) is 0 Å². The van der Waals surface area contributed by atoms with Crippen molar-refractivity contribution in [3.05, 3.63) is 12.2 Å². The van der Waals surface area contributed by atoms with Crippen LogP contribution in [0.1, 0.15) is 33.1 Å². The van der Waals surface area contributed by atoms with Crippen molar-refractivity contribution in [1.29, 1.82) is 0 Å². The number of carbonyl (C=O) groups excluding carboxylic acids is 3. The van der Waals surface area contributed by atoms with E-state index >= 15 is 0 Å². The molecule has 22 heavy (non-hydrogen) atoms. The summed E-state index contributed by atoms with van der Waals surface area (Å²) in [5, 5.41) is 0. The van der Waals surface area contributed by atoms with E-state index in [-0.39, 0.29) is 50.5 Å². The summed E-state index contributed by atoms with van der Waals surface area (Å²) >= 11 is 0. The normalized spacial score (nSPS) is 27.8. The molecule has 0 aromatic carbocycles. The second-order valence-electron chi connectivity index (χ2n) is 5.64. The van der Waals surface area contributed by atoms with Crippen molar-refractivity contribution in [2.24, 2.45) is 17.3 Å². The molecule has 2 aliphatic rings. The van der Waals surface area contributed by atoms with E-state index in [2.05, 4.69) is 0 Å². The van der Waals surface area contributed by atoms with Crippen LogP contribution in [0.25, 0.3) is 0 Å². The van der Waals surface area contributed by atoms with Gasteiger partial charge in [0.05, 0.1) is 19.1 Å². The molecule has 0 bridgehead atoms. The van der Waals surface area contributed by atoms with Crippen molar-refractivity contribution in [3.8, 4) is 0 Å². The van der Waals surface area contributed by atoms with E-state index in [1.54, 1.807) is 26.0 Å². The maximum absolute atomic E-state index is 12.5. The number of cyclic esters (lactones) is 1. The fourth-order valence-electron chi connectivity index (χ4n) is 2.84. The molecule has 0 aromatic heterocycles. The number of hydrogen-bond donors (Lipinski definition) is 0. The highest BCUT2D eigenvalue weighted by molar-refractivity contribution is 6.00. The van der Waals surface area contributed by atoms with E-state index in [9.17, 15) is 14.4 Å². The van der Waals surface area contributed by atoms with E-state index in [1.165, 1.54) is 0 Å². The number of rotatable bonds is 4. The highest BCUT2D eigenvalue weighted by Gasteiger charge is 2.56. The molecular formula is C16H22O6. The van der Waals surface area contributed by atoms with Crippen molar-refractivity contribution >= 4 is 17.9 Å². The summed E-state index contributed by atoms with van der Waals surface area (Å²) in [7, 11) is 0. The first-order chi connectivity index (χ1) is 10.5. The van der Waals surface area contributed by atoms with Crippen LogP contribution in [0.3, 0.4) is 0 Å². The number of esters is 3. The Morgan fingerprint density at radius 2 is 1.86 bits per heavy atom. The summed E-state index contributed by atoms with van der Waals surface area (Å²) in [6, 6.07) is 0. The van der Waals surface area contributed by atoms with E-state index in [0.717, 1.165) is 0 Å². The molecule has 1 aliphatic carbocycles. The predicted molar refractivity (Wildman–Crippen MR) is 76.6 cm³/mol. The maximum Gasteiger partial charge on any atom is 0.323 e. The minimum Gasteiger partial charge on any atom is -0.465 e. The SMILES string of the molecule is CCOC(=O)C1(C(=O)OCC)C/C=C\COC(=O)[C@@H]2C[C@@H]2C1. The van der Waals surface area contributed by atoms with Gasteiger partial charge in [-0.05, 0) is 39.0 Å². The second kappa shape index (κ2) is 6.94. The molecule has 0 unspecified atom stereocenters. The average Bonchev–Trinajstić information content (AvgIpc) is 3.25. The lowest BCUT2D eigenvalue weighted by Crippen LogP contribution is -2.42. The largest absolute Gasteiger partial charge is 0.465 e. The molecule has 1 saturated carbocycles. The van der Waals surface area contributed by atoms with Crippen molar-refractivity contribution < 1.29 is 28.6 Å². The van der Waals surface area contributed by atoms with Gasteiger partial charge >= 0.3 is 17.9 Å². The molecule has 0 spiro atoms. The lowest BCUT2D eigenvalue weighted by Gasteiger charge is -2.28. The van der Waals surface area contributed by atoms with Gasteiger partial charge in [0.25, 0.3) is 0 Å². The van der Waals surface area contributed by atoms with E-state index in [4.69, 9.17) is 14.2 Å². The molecule has 0 saturated heterocycles. The summed E-state index contributed by atoms with van der Waals surface area (Å²) in [6.07, 6.45) is 4.43. The quantitative estimate of drug-likeness (QED) is 0.340. The van der Waals surface area contributed by atoms with Crippen LogP contribution in [0.5, 0.6) is 0 Å². The molecule has 2 rings (SSSR count). The molecule has 0 N–H and O–H groups in total. The van der Waals surface area contributed by atoms with Crippen LogP contribution in [0, 0.1) is 17.3 Å². The molecule has 0 amide bonds. The van der Waals surface area contributed by atoms with E-state index in [1.807, 2.05) is 0 Å². The van der Waals surface area contributed by atoms with Gasteiger partial charge in [0, 0.05) is 0 Å². The van der Waals surface area contributed by atoms with Crippen molar-refractivity contribution in [2.75, 3.05) is 19.8 Å². The Hall–Kier alpha value is -1.85. The van der Waals surface area contributed by atoms with Crippen LogP contribution >= 0.6 is 0 Å². The standard InChI is InChI=1S/C16H22O6/c1-3-20-14(18)16(15(19)21-4-2)7-5-6-8-22-13(17)12-9-11(12)10-16/h5-6,11-12H,3-4,7-10H2,1-2H3/b6-5-/t11-,12-/m1/s1. The summed E-state index contributed by atoms with van der Waals surface area (Å²) in [6.45, 7) is 3.94.